The minimum Gasteiger partial charge on any atom is -0.505 e. The van der Waals surface area contributed by atoms with Gasteiger partial charge in [0.05, 0.1) is 5.69 Å². The molecule has 2 N–H and O–H groups in total. The molecule has 0 saturated carbocycles. The molecule has 0 amide bonds. The number of halogens is 1. The van der Waals surface area contributed by atoms with Crippen molar-refractivity contribution in [1.29, 1.82) is 0 Å². The first-order valence-corrected chi connectivity index (χ1v) is 6.54. The standard InChI is InChI=1S/C16H14FN3O/c17-15-4-1-3-12(16(15)21)11-18-13-5-7-14(8-6-13)20-10-2-9-19-20/h1-10,18,21H,11H2. The molecule has 0 radical (unpaired) electrons. The van der Waals surface area contributed by atoms with Crippen molar-refractivity contribution >= 4 is 5.69 Å². The zero-order valence-corrected chi connectivity index (χ0v) is 11.2. The van der Waals surface area contributed by atoms with Gasteiger partial charge in [-0.25, -0.2) is 9.07 Å². The van der Waals surface area contributed by atoms with Crippen LogP contribution in [0.4, 0.5) is 10.1 Å². The van der Waals surface area contributed by atoms with E-state index >= 15 is 0 Å². The van der Waals surface area contributed by atoms with Crippen molar-refractivity contribution in [3.63, 3.8) is 0 Å². The van der Waals surface area contributed by atoms with E-state index in [0.717, 1.165) is 11.4 Å². The first-order valence-electron chi connectivity index (χ1n) is 6.54. The number of hydrogen-bond acceptors (Lipinski definition) is 3. The average Bonchev–Trinajstić information content (AvgIpc) is 3.04. The second-order valence-corrected chi connectivity index (χ2v) is 4.60. The highest BCUT2D eigenvalue weighted by Crippen LogP contribution is 2.22. The Morgan fingerprint density at radius 2 is 1.90 bits per heavy atom. The number of nitrogens with one attached hydrogen (secondary N) is 1. The minimum atomic E-state index is -0.608. The van der Waals surface area contributed by atoms with Crippen LogP contribution >= 0.6 is 0 Å². The first kappa shape index (κ1) is 13.2. The number of nitrogens with zero attached hydrogens (tertiary/aromatic N) is 2. The summed E-state index contributed by atoms with van der Waals surface area (Å²) in [6, 6.07) is 14.0. The largest absolute Gasteiger partial charge is 0.505 e. The molecule has 0 spiro atoms. The van der Waals surface area contributed by atoms with E-state index in [1.807, 2.05) is 36.5 Å². The maximum atomic E-state index is 13.2. The molecule has 106 valence electrons. The maximum Gasteiger partial charge on any atom is 0.165 e. The third-order valence-electron chi connectivity index (χ3n) is 3.19. The Hall–Kier alpha value is -2.82. The van der Waals surface area contributed by atoms with E-state index in [9.17, 15) is 9.50 Å². The van der Waals surface area contributed by atoms with Crippen LogP contribution in [0.15, 0.2) is 60.9 Å². The Bertz CT molecular complexity index is 724. The predicted octanol–water partition coefficient (Wildman–Crippen LogP) is 3.33. The maximum absolute atomic E-state index is 13.2. The van der Waals surface area contributed by atoms with E-state index in [1.54, 1.807) is 23.0 Å². The Morgan fingerprint density at radius 3 is 2.62 bits per heavy atom. The van der Waals surface area contributed by atoms with E-state index in [4.69, 9.17) is 0 Å². The lowest BCUT2D eigenvalue weighted by molar-refractivity contribution is 0.427. The van der Waals surface area contributed by atoms with Gasteiger partial charge >= 0.3 is 0 Å². The van der Waals surface area contributed by atoms with Crippen LogP contribution in [-0.4, -0.2) is 14.9 Å². The van der Waals surface area contributed by atoms with Crippen molar-refractivity contribution in [2.24, 2.45) is 0 Å². The normalized spacial score (nSPS) is 10.5. The molecule has 0 aliphatic rings. The summed E-state index contributed by atoms with van der Waals surface area (Å²) in [6.45, 7) is 0.352. The summed E-state index contributed by atoms with van der Waals surface area (Å²) in [7, 11) is 0. The highest BCUT2D eigenvalue weighted by Gasteiger charge is 2.06. The van der Waals surface area contributed by atoms with Crippen LogP contribution < -0.4 is 5.32 Å². The fourth-order valence-corrected chi connectivity index (χ4v) is 2.05. The van der Waals surface area contributed by atoms with Gasteiger partial charge in [0.15, 0.2) is 11.6 Å². The molecule has 1 aromatic heterocycles. The third kappa shape index (κ3) is 2.86. The van der Waals surface area contributed by atoms with Crippen LogP contribution in [-0.2, 0) is 6.54 Å². The van der Waals surface area contributed by atoms with Crippen molar-refractivity contribution in [2.45, 2.75) is 6.54 Å². The highest BCUT2D eigenvalue weighted by molar-refractivity contribution is 5.49. The summed E-state index contributed by atoms with van der Waals surface area (Å²) >= 11 is 0. The predicted molar refractivity (Wildman–Crippen MR) is 79.0 cm³/mol. The molecule has 3 aromatic rings. The van der Waals surface area contributed by atoms with Gasteiger partial charge in [0.25, 0.3) is 0 Å². The molecule has 0 aliphatic carbocycles. The number of aromatic hydroxyl groups is 1. The van der Waals surface area contributed by atoms with Crippen LogP contribution in [0.5, 0.6) is 5.75 Å². The molecular formula is C16H14FN3O. The van der Waals surface area contributed by atoms with Crippen molar-refractivity contribution in [1.82, 2.24) is 9.78 Å². The Morgan fingerprint density at radius 1 is 1.10 bits per heavy atom. The number of rotatable bonds is 4. The van der Waals surface area contributed by atoms with Crippen molar-refractivity contribution < 1.29 is 9.50 Å². The van der Waals surface area contributed by atoms with Gasteiger partial charge in [0.1, 0.15) is 0 Å². The molecule has 3 rings (SSSR count). The van der Waals surface area contributed by atoms with Gasteiger partial charge < -0.3 is 10.4 Å². The topological polar surface area (TPSA) is 50.1 Å². The molecule has 21 heavy (non-hydrogen) atoms. The van der Waals surface area contributed by atoms with Gasteiger partial charge in [-0.05, 0) is 36.4 Å². The monoisotopic (exact) mass is 283 g/mol. The van der Waals surface area contributed by atoms with Crippen molar-refractivity contribution in [3.05, 3.63) is 72.3 Å². The Balaban J connectivity index is 1.70. The summed E-state index contributed by atoms with van der Waals surface area (Å²) in [5.74, 6) is -0.915. The Labute approximate surface area is 121 Å². The molecule has 0 bridgehead atoms. The number of para-hydroxylation sites is 1. The number of anilines is 1. The summed E-state index contributed by atoms with van der Waals surface area (Å²) in [5.41, 5.74) is 2.36. The van der Waals surface area contributed by atoms with Crippen LogP contribution in [0.25, 0.3) is 5.69 Å². The fraction of sp³-hybridized carbons (Fsp3) is 0.0625. The SMILES string of the molecule is Oc1c(F)cccc1CNc1ccc(-n2cccn2)cc1. The number of hydrogen-bond donors (Lipinski definition) is 2. The van der Waals surface area contributed by atoms with E-state index in [0.29, 0.717) is 12.1 Å². The summed E-state index contributed by atoms with van der Waals surface area (Å²) in [5, 5.41) is 16.9. The third-order valence-corrected chi connectivity index (χ3v) is 3.19. The molecule has 2 aromatic carbocycles. The Kier molecular flexibility index (Phi) is 3.55. The second-order valence-electron chi connectivity index (χ2n) is 4.60. The summed E-state index contributed by atoms with van der Waals surface area (Å²) < 4.78 is 15.0. The molecule has 1 heterocycles. The molecule has 0 atom stereocenters. The van der Waals surface area contributed by atoms with Crippen LogP contribution in [0.2, 0.25) is 0 Å². The smallest absolute Gasteiger partial charge is 0.165 e. The second kappa shape index (κ2) is 5.66. The lowest BCUT2D eigenvalue weighted by Crippen LogP contribution is -2.01. The molecular weight excluding hydrogens is 269 g/mol. The quantitative estimate of drug-likeness (QED) is 0.772. The number of benzene rings is 2. The van der Waals surface area contributed by atoms with Gasteiger partial charge in [-0.1, -0.05) is 12.1 Å². The number of aromatic nitrogens is 2. The zero-order valence-electron chi connectivity index (χ0n) is 11.2. The lowest BCUT2D eigenvalue weighted by Gasteiger charge is -2.09. The summed E-state index contributed by atoms with van der Waals surface area (Å²) in [6.07, 6.45) is 3.59. The van der Waals surface area contributed by atoms with E-state index in [-0.39, 0.29) is 5.75 Å². The van der Waals surface area contributed by atoms with Crippen LogP contribution in [0.3, 0.4) is 0 Å². The van der Waals surface area contributed by atoms with Gasteiger partial charge in [0, 0.05) is 30.2 Å². The molecule has 4 nitrogen and oxygen atoms in total. The van der Waals surface area contributed by atoms with E-state index < -0.39 is 5.82 Å². The summed E-state index contributed by atoms with van der Waals surface area (Å²) in [4.78, 5) is 0. The molecule has 0 fully saturated rings. The van der Waals surface area contributed by atoms with Gasteiger partial charge in [-0.2, -0.15) is 5.10 Å². The number of phenols is 1. The average molecular weight is 283 g/mol. The molecule has 0 aliphatic heterocycles. The molecule has 5 heteroatoms. The first-order chi connectivity index (χ1) is 10.2. The van der Waals surface area contributed by atoms with Crippen LogP contribution in [0, 0.1) is 5.82 Å². The van der Waals surface area contributed by atoms with Crippen LogP contribution in [0.1, 0.15) is 5.56 Å². The minimum absolute atomic E-state index is 0.307. The van der Waals surface area contributed by atoms with Gasteiger partial charge in [-0.15, -0.1) is 0 Å². The van der Waals surface area contributed by atoms with E-state index in [2.05, 4.69) is 10.4 Å². The van der Waals surface area contributed by atoms with Gasteiger partial charge in [-0.3, -0.25) is 0 Å². The lowest BCUT2D eigenvalue weighted by atomic mass is 10.2. The highest BCUT2D eigenvalue weighted by atomic mass is 19.1. The molecule has 0 saturated heterocycles. The van der Waals surface area contributed by atoms with E-state index in [1.165, 1.54) is 6.07 Å². The fourth-order valence-electron chi connectivity index (χ4n) is 2.05. The van der Waals surface area contributed by atoms with Gasteiger partial charge in [0.2, 0.25) is 0 Å². The zero-order chi connectivity index (χ0) is 14.7. The number of phenolic OH excluding ortho intramolecular Hbond substituents is 1. The molecule has 0 unspecified atom stereocenters. The van der Waals surface area contributed by atoms with Crippen molar-refractivity contribution in [3.8, 4) is 11.4 Å². The van der Waals surface area contributed by atoms with Crippen molar-refractivity contribution in [2.75, 3.05) is 5.32 Å².